The van der Waals surface area contributed by atoms with Gasteiger partial charge in [0.25, 0.3) is 0 Å². The predicted octanol–water partition coefficient (Wildman–Crippen LogP) is 4.59. The Hall–Kier alpha value is -1.23. The number of rotatable bonds is 10. The highest BCUT2D eigenvalue weighted by atomic mass is 32.2. The minimum atomic E-state index is 0.571. The Morgan fingerprint density at radius 1 is 1.25 bits per heavy atom. The Morgan fingerprint density at radius 3 is 2.79 bits per heavy atom. The molecule has 0 bridgehead atoms. The van der Waals surface area contributed by atoms with Crippen molar-refractivity contribution < 1.29 is 0 Å². The van der Waals surface area contributed by atoms with E-state index in [0.29, 0.717) is 5.82 Å². The highest BCUT2D eigenvalue weighted by molar-refractivity contribution is 7.99. The number of unbranched alkanes of at least 4 members (excludes halogenated alkanes) is 2. The molecule has 1 saturated carbocycles. The summed E-state index contributed by atoms with van der Waals surface area (Å²) in [5.41, 5.74) is 9.38. The monoisotopic (exact) mass is 346 g/mol. The van der Waals surface area contributed by atoms with Crippen LogP contribution in [0, 0.1) is 12.8 Å². The third-order valence-electron chi connectivity index (χ3n) is 4.79. The molecule has 0 radical (unpaired) electrons. The molecule has 4 nitrogen and oxygen atoms in total. The van der Waals surface area contributed by atoms with Gasteiger partial charge >= 0.3 is 0 Å². The number of fused-ring (bicyclic) bond motifs is 1. The van der Waals surface area contributed by atoms with Crippen LogP contribution in [0.25, 0.3) is 11.0 Å². The molecule has 1 fully saturated rings. The predicted molar refractivity (Wildman–Crippen MR) is 105 cm³/mol. The van der Waals surface area contributed by atoms with Crippen LogP contribution in [-0.4, -0.2) is 26.0 Å². The number of anilines is 1. The van der Waals surface area contributed by atoms with Crippen molar-refractivity contribution in [3.63, 3.8) is 0 Å². The molecule has 5 heteroatoms. The van der Waals surface area contributed by atoms with Crippen LogP contribution >= 0.6 is 11.8 Å². The SMILES string of the molecule is CCCCSCCCCn1c(CC2CC2)nc2c(N)ncc(C)c21. The molecular weight excluding hydrogens is 316 g/mol. The van der Waals surface area contributed by atoms with Crippen LogP contribution in [-0.2, 0) is 13.0 Å². The molecule has 1 aliphatic carbocycles. The Kier molecular flexibility index (Phi) is 6.04. The molecule has 2 aromatic heterocycles. The quantitative estimate of drug-likeness (QED) is 0.639. The van der Waals surface area contributed by atoms with Crippen molar-refractivity contribution in [2.75, 3.05) is 17.2 Å². The molecule has 0 saturated heterocycles. The molecule has 132 valence electrons. The Balaban J connectivity index is 1.69. The number of pyridine rings is 1. The molecule has 2 heterocycles. The van der Waals surface area contributed by atoms with Crippen molar-refractivity contribution in [3.05, 3.63) is 17.6 Å². The summed E-state index contributed by atoms with van der Waals surface area (Å²) in [7, 11) is 0. The van der Waals surface area contributed by atoms with Crippen molar-refractivity contribution in [1.82, 2.24) is 14.5 Å². The molecule has 2 N–H and O–H groups in total. The van der Waals surface area contributed by atoms with E-state index in [4.69, 9.17) is 10.7 Å². The molecule has 0 amide bonds. The molecule has 0 spiro atoms. The first-order valence-corrected chi connectivity index (χ1v) is 10.5. The third kappa shape index (κ3) is 4.24. The van der Waals surface area contributed by atoms with Gasteiger partial charge in [0.15, 0.2) is 5.82 Å². The van der Waals surface area contributed by atoms with E-state index in [1.54, 1.807) is 0 Å². The second kappa shape index (κ2) is 8.24. The first-order valence-electron chi connectivity index (χ1n) is 9.38. The average Bonchev–Trinajstić information content (AvgIpc) is 3.31. The van der Waals surface area contributed by atoms with E-state index < -0.39 is 0 Å². The first kappa shape index (κ1) is 17.6. The number of imidazole rings is 1. The summed E-state index contributed by atoms with van der Waals surface area (Å²) in [5, 5.41) is 0. The summed E-state index contributed by atoms with van der Waals surface area (Å²) in [6.45, 7) is 5.43. The van der Waals surface area contributed by atoms with E-state index in [9.17, 15) is 0 Å². The Morgan fingerprint density at radius 2 is 2.04 bits per heavy atom. The number of thioether (sulfide) groups is 1. The number of nitrogens with two attached hydrogens (primary N) is 1. The smallest absolute Gasteiger partial charge is 0.151 e. The summed E-state index contributed by atoms with van der Waals surface area (Å²) in [6.07, 6.45) is 10.8. The van der Waals surface area contributed by atoms with Crippen molar-refractivity contribution in [2.45, 2.75) is 65.3 Å². The zero-order chi connectivity index (χ0) is 16.9. The van der Waals surface area contributed by atoms with Gasteiger partial charge in [0, 0.05) is 19.2 Å². The fourth-order valence-corrected chi connectivity index (χ4v) is 4.27. The molecule has 0 aromatic carbocycles. The van der Waals surface area contributed by atoms with Gasteiger partial charge in [0.1, 0.15) is 11.3 Å². The van der Waals surface area contributed by atoms with Gasteiger partial charge in [0.2, 0.25) is 0 Å². The second-order valence-electron chi connectivity index (χ2n) is 7.02. The van der Waals surface area contributed by atoms with Crippen molar-refractivity contribution in [1.29, 1.82) is 0 Å². The first-order chi connectivity index (χ1) is 11.7. The highest BCUT2D eigenvalue weighted by Gasteiger charge is 2.25. The molecular formula is C19H30N4S. The Labute approximate surface area is 149 Å². The number of hydrogen-bond acceptors (Lipinski definition) is 4. The van der Waals surface area contributed by atoms with E-state index in [0.717, 1.165) is 24.4 Å². The summed E-state index contributed by atoms with van der Waals surface area (Å²) in [5.74, 6) is 5.20. The van der Waals surface area contributed by atoms with Crippen LogP contribution in [0.3, 0.4) is 0 Å². The van der Waals surface area contributed by atoms with Crippen LogP contribution in [0.2, 0.25) is 0 Å². The van der Waals surface area contributed by atoms with Gasteiger partial charge in [-0.3, -0.25) is 0 Å². The molecule has 0 unspecified atom stereocenters. The number of nitrogen functional groups attached to an aromatic ring is 1. The Bertz CT molecular complexity index is 676. The zero-order valence-corrected chi connectivity index (χ0v) is 15.9. The second-order valence-corrected chi connectivity index (χ2v) is 8.25. The van der Waals surface area contributed by atoms with Gasteiger partial charge in [-0.15, -0.1) is 0 Å². The van der Waals surface area contributed by atoms with Gasteiger partial charge < -0.3 is 10.3 Å². The third-order valence-corrected chi connectivity index (χ3v) is 5.95. The van der Waals surface area contributed by atoms with E-state index in [1.165, 1.54) is 66.9 Å². The molecule has 2 aromatic rings. The minimum absolute atomic E-state index is 0.571. The largest absolute Gasteiger partial charge is 0.382 e. The van der Waals surface area contributed by atoms with Gasteiger partial charge in [-0.2, -0.15) is 11.8 Å². The lowest BCUT2D eigenvalue weighted by Crippen LogP contribution is -2.06. The van der Waals surface area contributed by atoms with Gasteiger partial charge in [-0.05, 0) is 62.0 Å². The van der Waals surface area contributed by atoms with Crippen LogP contribution in [0.5, 0.6) is 0 Å². The van der Waals surface area contributed by atoms with Crippen molar-refractivity contribution in [3.8, 4) is 0 Å². The molecule has 3 rings (SSSR count). The van der Waals surface area contributed by atoms with E-state index in [-0.39, 0.29) is 0 Å². The molecule has 0 atom stereocenters. The van der Waals surface area contributed by atoms with Crippen molar-refractivity contribution >= 4 is 28.6 Å². The lowest BCUT2D eigenvalue weighted by Gasteiger charge is -2.10. The van der Waals surface area contributed by atoms with Crippen LogP contribution in [0.15, 0.2) is 6.20 Å². The summed E-state index contributed by atoms with van der Waals surface area (Å²) < 4.78 is 2.43. The topological polar surface area (TPSA) is 56.7 Å². The molecule has 0 aliphatic heterocycles. The summed E-state index contributed by atoms with van der Waals surface area (Å²) >= 11 is 2.09. The summed E-state index contributed by atoms with van der Waals surface area (Å²) in [4.78, 5) is 9.16. The lowest BCUT2D eigenvalue weighted by atomic mass is 10.2. The normalized spacial score (nSPS) is 14.6. The number of nitrogens with zero attached hydrogens (tertiary/aromatic N) is 3. The molecule has 1 aliphatic rings. The summed E-state index contributed by atoms with van der Waals surface area (Å²) in [6, 6.07) is 0. The van der Waals surface area contributed by atoms with Gasteiger partial charge in [-0.1, -0.05) is 13.3 Å². The van der Waals surface area contributed by atoms with Crippen LogP contribution in [0.4, 0.5) is 5.82 Å². The standard InChI is InChI=1S/C19H30N4S/c1-3-4-10-24-11-6-5-9-23-16(12-15-7-8-15)22-17-18(23)14(2)13-21-19(17)20/h13,15H,3-12H2,1-2H3,(H2,20,21). The number of hydrogen-bond donors (Lipinski definition) is 1. The minimum Gasteiger partial charge on any atom is -0.382 e. The zero-order valence-electron chi connectivity index (χ0n) is 15.1. The highest BCUT2D eigenvalue weighted by Crippen LogP contribution is 2.34. The van der Waals surface area contributed by atoms with Crippen LogP contribution in [0.1, 0.15) is 56.8 Å². The van der Waals surface area contributed by atoms with E-state index in [1.807, 2.05) is 6.20 Å². The maximum absolute atomic E-state index is 6.09. The fraction of sp³-hybridized carbons (Fsp3) is 0.684. The fourth-order valence-electron chi connectivity index (χ4n) is 3.17. The van der Waals surface area contributed by atoms with Gasteiger partial charge in [-0.25, -0.2) is 9.97 Å². The maximum Gasteiger partial charge on any atom is 0.151 e. The average molecular weight is 347 g/mol. The van der Waals surface area contributed by atoms with E-state index in [2.05, 4.69) is 35.2 Å². The maximum atomic E-state index is 6.09. The van der Waals surface area contributed by atoms with Gasteiger partial charge in [0.05, 0.1) is 5.52 Å². The van der Waals surface area contributed by atoms with E-state index >= 15 is 0 Å². The number of aryl methyl sites for hydroxylation is 2. The van der Waals surface area contributed by atoms with Crippen molar-refractivity contribution in [2.24, 2.45) is 5.92 Å². The number of aromatic nitrogens is 3. The lowest BCUT2D eigenvalue weighted by molar-refractivity contribution is 0.603. The van der Waals surface area contributed by atoms with Crippen LogP contribution < -0.4 is 5.73 Å². The molecule has 24 heavy (non-hydrogen) atoms.